The SMILES string of the molecule is CCN(CCC(C)C)c1ccc2c(c1)Oc1ccc(Oc3ccccc3)cc1C21OC(=O)c2ccccc21. The summed E-state index contributed by atoms with van der Waals surface area (Å²) in [5.74, 6) is 2.99. The van der Waals surface area contributed by atoms with Gasteiger partial charge in [-0.1, -0.05) is 50.2 Å². The lowest BCUT2D eigenvalue weighted by atomic mass is 9.77. The Labute approximate surface area is 223 Å². The second kappa shape index (κ2) is 9.56. The van der Waals surface area contributed by atoms with Crippen molar-refractivity contribution in [1.82, 2.24) is 0 Å². The molecule has 5 nitrogen and oxygen atoms in total. The Bertz CT molecular complexity index is 1500. The highest BCUT2D eigenvalue weighted by molar-refractivity contribution is 5.97. The summed E-state index contributed by atoms with van der Waals surface area (Å²) in [6, 6.07) is 29.2. The molecule has 192 valence electrons. The average Bonchev–Trinajstić information content (AvgIpc) is 3.23. The van der Waals surface area contributed by atoms with E-state index in [1.54, 1.807) is 0 Å². The third kappa shape index (κ3) is 3.99. The quantitative estimate of drug-likeness (QED) is 0.239. The van der Waals surface area contributed by atoms with Gasteiger partial charge in [0.1, 0.15) is 23.0 Å². The van der Waals surface area contributed by atoms with E-state index in [0.29, 0.717) is 28.7 Å². The predicted octanol–water partition coefficient (Wildman–Crippen LogP) is 7.92. The lowest BCUT2D eigenvalue weighted by Crippen LogP contribution is -2.33. The number of esters is 1. The topological polar surface area (TPSA) is 48.0 Å². The van der Waals surface area contributed by atoms with E-state index in [1.165, 1.54) is 0 Å². The number of hydrogen-bond acceptors (Lipinski definition) is 5. The van der Waals surface area contributed by atoms with Crippen molar-refractivity contribution in [3.05, 3.63) is 113 Å². The van der Waals surface area contributed by atoms with Crippen LogP contribution in [0.4, 0.5) is 5.69 Å². The van der Waals surface area contributed by atoms with E-state index in [2.05, 4.69) is 37.8 Å². The molecule has 0 N–H and O–H groups in total. The van der Waals surface area contributed by atoms with Crippen molar-refractivity contribution in [3.63, 3.8) is 0 Å². The molecule has 0 saturated carbocycles. The molecule has 0 saturated heterocycles. The maximum Gasteiger partial charge on any atom is 0.340 e. The molecule has 1 atom stereocenters. The Hall–Kier alpha value is -4.25. The fraction of sp³-hybridized carbons (Fsp3) is 0.242. The van der Waals surface area contributed by atoms with E-state index in [9.17, 15) is 4.79 Å². The molecule has 2 aliphatic rings. The molecule has 0 bridgehead atoms. The van der Waals surface area contributed by atoms with Crippen LogP contribution >= 0.6 is 0 Å². The second-order valence-electron chi connectivity index (χ2n) is 10.2. The molecule has 0 aliphatic carbocycles. The maximum absolute atomic E-state index is 13.2. The first kappa shape index (κ1) is 24.1. The monoisotopic (exact) mass is 505 g/mol. The van der Waals surface area contributed by atoms with Gasteiger partial charge in [-0.15, -0.1) is 0 Å². The highest BCUT2D eigenvalue weighted by Crippen LogP contribution is 2.57. The largest absolute Gasteiger partial charge is 0.457 e. The third-order valence-corrected chi connectivity index (χ3v) is 7.37. The van der Waals surface area contributed by atoms with Crippen LogP contribution in [0.25, 0.3) is 0 Å². The molecule has 1 unspecified atom stereocenters. The second-order valence-corrected chi connectivity index (χ2v) is 10.2. The normalized spacial score (nSPS) is 16.9. The van der Waals surface area contributed by atoms with Crippen molar-refractivity contribution in [2.75, 3.05) is 18.0 Å². The van der Waals surface area contributed by atoms with Crippen molar-refractivity contribution in [1.29, 1.82) is 0 Å². The van der Waals surface area contributed by atoms with E-state index < -0.39 is 5.60 Å². The number of para-hydroxylation sites is 1. The summed E-state index contributed by atoms with van der Waals surface area (Å²) >= 11 is 0. The molecule has 0 fully saturated rings. The van der Waals surface area contributed by atoms with E-state index in [-0.39, 0.29) is 5.97 Å². The van der Waals surface area contributed by atoms with Gasteiger partial charge in [0.2, 0.25) is 0 Å². The van der Waals surface area contributed by atoms with Crippen molar-refractivity contribution in [3.8, 4) is 23.0 Å². The fourth-order valence-electron chi connectivity index (χ4n) is 5.41. The molecular formula is C33H31NO4. The minimum Gasteiger partial charge on any atom is -0.457 e. The fourth-order valence-corrected chi connectivity index (χ4v) is 5.41. The summed E-state index contributed by atoms with van der Waals surface area (Å²) < 4.78 is 19.0. The minimum atomic E-state index is -1.12. The van der Waals surface area contributed by atoms with Crippen LogP contribution in [0.15, 0.2) is 91.0 Å². The lowest BCUT2D eigenvalue weighted by molar-refractivity contribution is 0.0224. The first-order chi connectivity index (χ1) is 18.5. The number of nitrogens with zero attached hydrogens (tertiary/aromatic N) is 1. The van der Waals surface area contributed by atoms with Gasteiger partial charge >= 0.3 is 5.97 Å². The van der Waals surface area contributed by atoms with Crippen LogP contribution in [0.2, 0.25) is 0 Å². The van der Waals surface area contributed by atoms with Crippen LogP contribution in [0.5, 0.6) is 23.0 Å². The molecular weight excluding hydrogens is 474 g/mol. The van der Waals surface area contributed by atoms with Crippen LogP contribution in [0.1, 0.15) is 54.2 Å². The van der Waals surface area contributed by atoms with Crippen molar-refractivity contribution in [2.24, 2.45) is 5.92 Å². The number of rotatable bonds is 7. The van der Waals surface area contributed by atoms with Gasteiger partial charge in [0, 0.05) is 36.0 Å². The summed E-state index contributed by atoms with van der Waals surface area (Å²) in [4.78, 5) is 15.6. The Morgan fingerprint density at radius 1 is 0.816 bits per heavy atom. The molecule has 0 aromatic heterocycles. The van der Waals surface area contributed by atoms with Crippen LogP contribution in [0, 0.1) is 5.92 Å². The van der Waals surface area contributed by atoms with Gasteiger partial charge in [0.25, 0.3) is 0 Å². The first-order valence-corrected chi connectivity index (χ1v) is 13.3. The Kier molecular flexibility index (Phi) is 6.07. The molecule has 5 heteroatoms. The number of anilines is 1. The van der Waals surface area contributed by atoms with E-state index in [4.69, 9.17) is 14.2 Å². The zero-order valence-corrected chi connectivity index (χ0v) is 21.9. The summed E-state index contributed by atoms with van der Waals surface area (Å²) in [5.41, 5.74) is 2.90. The smallest absolute Gasteiger partial charge is 0.340 e. The predicted molar refractivity (Wildman–Crippen MR) is 149 cm³/mol. The maximum atomic E-state index is 13.2. The van der Waals surface area contributed by atoms with E-state index >= 15 is 0 Å². The van der Waals surface area contributed by atoms with Crippen LogP contribution < -0.4 is 14.4 Å². The molecule has 2 heterocycles. The Morgan fingerprint density at radius 2 is 1.61 bits per heavy atom. The number of benzene rings is 4. The zero-order valence-electron chi connectivity index (χ0n) is 21.9. The Balaban J connectivity index is 1.49. The van der Waals surface area contributed by atoms with Gasteiger partial charge in [-0.05, 0) is 67.8 Å². The molecule has 0 radical (unpaired) electrons. The standard InChI is InChI=1S/C33H31NO4/c1-4-34(19-18-22(2)3)23-14-16-28-31(20-23)37-30-17-15-25(36-24-10-6-5-7-11-24)21-29(30)33(28)27-13-9-8-12-26(27)32(35)38-33/h5-17,20-22H,4,18-19H2,1-3H3. The summed E-state index contributed by atoms with van der Waals surface area (Å²) in [7, 11) is 0. The van der Waals surface area contributed by atoms with Gasteiger partial charge in [-0.2, -0.15) is 0 Å². The van der Waals surface area contributed by atoms with Crippen molar-refractivity contribution < 1.29 is 19.0 Å². The number of carbonyl (C=O) groups excluding carboxylic acids is 1. The summed E-state index contributed by atoms with van der Waals surface area (Å²) in [5, 5.41) is 0. The first-order valence-electron chi connectivity index (χ1n) is 13.3. The van der Waals surface area contributed by atoms with Gasteiger partial charge in [-0.3, -0.25) is 0 Å². The van der Waals surface area contributed by atoms with Crippen molar-refractivity contribution >= 4 is 11.7 Å². The molecule has 38 heavy (non-hydrogen) atoms. The number of fused-ring (bicyclic) bond motifs is 6. The minimum absolute atomic E-state index is 0.343. The Morgan fingerprint density at radius 3 is 2.39 bits per heavy atom. The molecule has 4 aromatic rings. The van der Waals surface area contributed by atoms with Gasteiger partial charge in [0.05, 0.1) is 11.1 Å². The molecule has 0 amide bonds. The summed E-state index contributed by atoms with van der Waals surface area (Å²) in [6.07, 6.45) is 1.10. The number of carbonyl (C=O) groups is 1. The van der Waals surface area contributed by atoms with Gasteiger partial charge < -0.3 is 19.1 Å². The average molecular weight is 506 g/mol. The highest BCUT2D eigenvalue weighted by Gasteiger charge is 2.53. The van der Waals surface area contributed by atoms with Gasteiger partial charge in [-0.25, -0.2) is 4.79 Å². The van der Waals surface area contributed by atoms with Crippen LogP contribution in [-0.4, -0.2) is 19.1 Å². The van der Waals surface area contributed by atoms with E-state index in [1.807, 2.05) is 78.9 Å². The molecule has 6 rings (SSSR count). The highest BCUT2D eigenvalue weighted by atomic mass is 16.6. The molecule has 1 spiro atoms. The number of hydrogen-bond donors (Lipinski definition) is 0. The van der Waals surface area contributed by atoms with Gasteiger partial charge in [0.15, 0.2) is 5.60 Å². The third-order valence-electron chi connectivity index (χ3n) is 7.37. The molecule has 4 aromatic carbocycles. The number of ether oxygens (including phenoxy) is 3. The summed E-state index contributed by atoms with van der Waals surface area (Å²) in [6.45, 7) is 8.51. The molecule has 2 aliphatic heterocycles. The van der Waals surface area contributed by atoms with Crippen LogP contribution in [-0.2, 0) is 10.3 Å². The van der Waals surface area contributed by atoms with Crippen LogP contribution in [0.3, 0.4) is 0 Å². The van der Waals surface area contributed by atoms with E-state index in [0.717, 1.165) is 47.6 Å². The zero-order chi connectivity index (χ0) is 26.3. The van der Waals surface area contributed by atoms with Crippen molar-refractivity contribution in [2.45, 2.75) is 32.8 Å². The lowest BCUT2D eigenvalue weighted by Gasteiger charge is -2.37.